The molecule has 104 valence electrons. The third-order valence-electron chi connectivity index (χ3n) is 4.28. The van der Waals surface area contributed by atoms with Crippen LogP contribution in [0.25, 0.3) is 0 Å². The van der Waals surface area contributed by atoms with Crippen LogP contribution in [-0.2, 0) is 0 Å². The second kappa shape index (κ2) is 5.65. The maximum Gasteiger partial charge on any atom is 0.0869 e. The Labute approximate surface area is 123 Å². The predicted molar refractivity (Wildman–Crippen MR) is 82.1 cm³/mol. The molecule has 2 fully saturated rings. The molecule has 1 unspecified atom stereocenters. The lowest BCUT2D eigenvalue weighted by atomic mass is 9.75. The standard InChI is InChI=1S/C15H20ClNOS/c16-13-3-1-11(2-4-13)12-7-14(8-12)17-9-15(18)5-6-19-10-15/h1-4,12,14,17-18H,5-10H2. The molecule has 1 aromatic carbocycles. The molecule has 0 bridgehead atoms. The number of rotatable bonds is 4. The second-order valence-electron chi connectivity index (χ2n) is 5.82. The maximum absolute atomic E-state index is 10.3. The zero-order valence-electron chi connectivity index (χ0n) is 10.9. The molecule has 0 amide bonds. The molecule has 4 heteroatoms. The van der Waals surface area contributed by atoms with E-state index in [1.165, 1.54) is 18.4 Å². The monoisotopic (exact) mass is 297 g/mol. The van der Waals surface area contributed by atoms with E-state index in [4.69, 9.17) is 11.6 Å². The Morgan fingerprint density at radius 3 is 2.68 bits per heavy atom. The molecule has 3 rings (SSSR count). The summed E-state index contributed by atoms with van der Waals surface area (Å²) in [4.78, 5) is 0. The van der Waals surface area contributed by atoms with Crippen molar-refractivity contribution in [3.63, 3.8) is 0 Å². The molecule has 2 N–H and O–H groups in total. The summed E-state index contributed by atoms with van der Waals surface area (Å²) in [5.74, 6) is 2.63. The topological polar surface area (TPSA) is 32.3 Å². The molecule has 0 radical (unpaired) electrons. The maximum atomic E-state index is 10.3. The summed E-state index contributed by atoms with van der Waals surface area (Å²) < 4.78 is 0. The normalized spacial score (nSPS) is 34.2. The van der Waals surface area contributed by atoms with Gasteiger partial charge in [0.25, 0.3) is 0 Å². The van der Waals surface area contributed by atoms with Gasteiger partial charge in [-0.1, -0.05) is 23.7 Å². The Morgan fingerprint density at radius 2 is 2.05 bits per heavy atom. The number of hydrogen-bond acceptors (Lipinski definition) is 3. The van der Waals surface area contributed by atoms with Crippen molar-refractivity contribution in [2.75, 3.05) is 18.1 Å². The highest BCUT2D eigenvalue weighted by molar-refractivity contribution is 7.99. The summed E-state index contributed by atoms with van der Waals surface area (Å²) in [5, 5.41) is 14.6. The molecule has 1 heterocycles. The third-order valence-corrected chi connectivity index (χ3v) is 5.77. The molecule has 1 aliphatic heterocycles. The van der Waals surface area contributed by atoms with E-state index in [1.807, 2.05) is 23.9 Å². The van der Waals surface area contributed by atoms with E-state index in [0.29, 0.717) is 12.0 Å². The Morgan fingerprint density at radius 1 is 1.32 bits per heavy atom. The van der Waals surface area contributed by atoms with Gasteiger partial charge in [-0.05, 0) is 48.6 Å². The number of thioether (sulfide) groups is 1. The van der Waals surface area contributed by atoms with Crippen LogP contribution in [0.3, 0.4) is 0 Å². The molecule has 1 aliphatic carbocycles. The second-order valence-corrected chi connectivity index (χ2v) is 7.37. The van der Waals surface area contributed by atoms with Gasteiger partial charge in [-0.15, -0.1) is 0 Å². The highest BCUT2D eigenvalue weighted by atomic mass is 35.5. The van der Waals surface area contributed by atoms with E-state index >= 15 is 0 Å². The number of halogens is 1. The summed E-state index contributed by atoms with van der Waals surface area (Å²) >= 11 is 7.76. The minimum Gasteiger partial charge on any atom is -0.388 e. The van der Waals surface area contributed by atoms with Gasteiger partial charge in [0.05, 0.1) is 5.60 Å². The highest BCUT2D eigenvalue weighted by Gasteiger charge is 2.35. The van der Waals surface area contributed by atoms with Crippen LogP contribution >= 0.6 is 23.4 Å². The Bertz CT molecular complexity index is 424. The highest BCUT2D eigenvalue weighted by Crippen LogP contribution is 2.37. The average Bonchev–Trinajstić information content (AvgIpc) is 2.77. The Balaban J connectivity index is 1.44. The summed E-state index contributed by atoms with van der Waals surface area (Å²) in [6.07, 6.45) is 3.27. The van der Waals surface area contributed by atoms with E-state index < -0.39 is 5.60 Å². The van der Waals surface area contributed by atoms with Gasteiger partial charge in [0.15, 0.2) is 0 Å². The Hall–Kier alpha value is -0.220. The largest absolute Gasteiger partial charge is 0.388 e. The van der Waals surface area contributed by atoms with E-state index in [9.17, 15) is 5.11 Å². The first kappa shape index (κ1) is 13.7. The molecule has 1 atom stereocenters. The molecular weight excluding hydrogens is 278 g/mol. The molecule has 0 aromatic heterocycles. The van der Waals surface area contributed by atoms with Crippen LogP contribution < -0.4 is 5.32 Å². The van der Waals surface area contributed by atoms with Crippen LogP contribution in [0, 0.1) is 0 Å². The van der Waals surface area contributed by atoms with Crippen LogP contribution in [0.2, 0.25) is 5.02 Å². The van der Waals surface area contributed by atoms with Crippen LogP contribution in [0.5, 0.6) is 0 Å². The van der Waals surface area contributed by atoms with E-state index in [2.05, 4.69) is 17.4 Å². The fraction of sp³-hybridized carbons (Fsp3) is 0.600. The van der Waals surface area contributed by atoms with Crippen molar-refractivity contribution in [3.8, 4) is 0 Å². The zero-order valence-corrected chi connectivity index (χ0v) is 12.5. The number of benzene rings is 1. The van der Waals surface area contributed by atoms with Gasteiger partial charge >= 0.3 is 0 Å². The van der Waals surface area contributed by atoms with Crippen molar-refractivity contribution in [2.24, 2.45) is 0 Å². The first-order valence-corrected chi connectivity index (χ1v) is 8.47. The lowest BCUT2D eigenvalue weighted by molar-refractivity contribution is 0.0595. The predicted octanol–water partition coefficient (Wildman–Crippen LogP) is 3.04. The molecule has 19 heavy (non-hydrogen) atoms. The van der Waals surface area contributed by atoms with Crippen molar-refractivity contribution < 1.29 is 5.11 Å². The van der Waals surface area contributed by atoms with Gasteiger partial charge < -0.3 is 10.4 Å². The van der Waals surface area contributed by atoms with Crippen LogP contribution in [0.15, 0.2) is 24.3 Å². The summed E-state index contributed by atoms with van der Waals surface area (Å²) in [6, 6.07) is 8.76. The Kier molecular flexibility index (Phi) is 4.08. The van der Waals surface area contributed by atoms with Crippen LogP contribution in [0.1, 0.15) is 30.7 Å². The smallest absolute Gasteiger partial charge is 0.0869 e. The summed E-state index contributed by atoms with van der Waals surface area (Å²) in [7, 11) is 0. The SMILES string of the molecule is OC1(CNC2CC(c3ccc(Cl)cc3)C2)CCSC1. The lowest BCUT2D eigenvalue weighted by Gasteiger charge is -2.38. The van der Waals surface area contributed by atoms with E-state index in [-0.39, 0.29) is 0 Å². The number of nitrogens with one attached hydrogen (secondary N) is 1. The van der Waals surface area contributed by atoms with Gasteiger partial charge in [-0.25, -0.2) is 0 Å². The van der Waals surface area contributed by atoms with Crippen LogP contribution in [-0.4, -0.2) is 34.8 Å². The molecule has 1 saturated heterocycles. The minimum atomic E-state index is -0.462. The first-order valence-electron chi connectivity index (χ1n) is 6.94. The lowest BCUT2D eigenvalue weighted by Crippen LogP contribution is -2.48. The van der Waals surface area contributed by atoms with Gasteiger partial charge in [-0.3, -0.25) is 0 Å². The van der Waals surface area contributed by atoms with Gasteiger partial charge in [-0.2, -0.15) is 11.8 Å². The van der Waals surface area contributed by atoms with E-state index in [1.54, 1.807) is 0 Å². The molecule has 0 spiro atoms. The molecule has 1 aromatic rings. The minimum absolute atomic E-state index is 0.462. The van der Waals surface area contributed by atoms with Gasteiger partial charge in [0.1, 0.15) is 0 Å². The quantitative estimate of drug-likeness (QED) is 0.896. The van der Waals surface area contributed by atoms with Gasteiger partial charge in [0.2, 0.25) is 0 Å². The van der Waals surface area contributed by atoms with Gasteiger partial charge in [0, 0.05) is 23.4 Å². The molecule has 1 saturated carbocycles. The molecule has 2 aliphatic rings. The molecule has 2 nitrogen and oxygen atoms in total. The van der Waals surface area contributed by atoms with Crippen molar-refractivity contribution in [1.82, 2.24) is 5.32 Å². The van der Waals surface area contributed by atoms with Crippen molar-refractivity contribution in [2.45, 2.75) is 36.8 Å². The first-order chi connectivity index (χ1) is 9.15. The van der Waals surface area contributed by atoms with Crippen LogP contribution in [0.4, 0.5) is 0 Å². The summed E-state index contributed by atoms with van der Waals surface area (Å²) in [5.41, 5.74) is 0.924. The fourth-order valence-corrected chi connectivity index (χ4v) is 4.28. The fourth-order valence-electron chi connectivity index (χ4n) is 2.86. The summed E-state index contributed by atoms with van der Waals surface area (Å²) in [6.45, 7) is 0.748. The van der Waals surface area contributed by atoms with Crippen molar-refractivity contribution in [1.29, 1.82) is 0 Å². The third kappa shape index (κ3) is 3.27. The van der Waals surface area contributed by atoms with E-state index in [0.717, 1.165) is 29.5 Å². The number of aliphatic hydroxyl groups is 1. The van der Waals surface area contributed by atoms with Crippen molar-refractivity contribution in [3.05, 3.63) is 34.9 Å². The number of hydrogen-bond donors (Lipinski definition) is 2. The molecular formula is C15H20ClNOS. The van der Waals surface area contributed by atoms with Crippen molar-refractivity contribution >= 4 is 23.4 Å². The zero-order chi connectivity index (χ0) is 13.3. The average molecular weight is 298 g/mol.